The van der Waals surface area contributed by atoms with Crippen LogP contribution >= 0.6 is 9.24 Å². The van der Waals surface area contributed by atoms with Crippen molar-refractivity contribution in [1.29, 1.82) is 0 Å². The lowest BCUT2D eigenvalue weighted by molar-refractivity contribution is 0.1000. The summed E-state index contributed by atoms with van der Waals surface area (Å²) in [5.74, 6) is 0.810. The SMILES string of the molecule is NC(=O)c1ccc(OCc2cnc(P)o2)cc1. The molecule has 1 amide bonds. The number of oxazole rings is 1. The lowest BCUT2D eigenvalue weighted by Gasteiger charge is -2.03. The Bertz CT molecular complexity index is 522. The molecule has 0 aliphatic carbocycles. The fourth-order valence-electron chi connectivity index (χ4n) is 1.26. The molecule has 2 N–H and O–H groups in total. The van der Waals surface area contributed by atoms with Crippen molar-refractivity contribution in [3.8, 4) is 5.75 Å². The number of hydrogen-bond acceptors (Lipinski definition) is 4. The van der Waals surface area contributed by atoms with Crippen LogP contribution < -0.4 is 16.1 Å². The minimum atomic E-state index is -0.459. The molecule has 1 aromatic heterocycles. The van der Waals surface area contributed by atoms with E-state index in [-0.39, 0.29) is 6.61 Å². The van der Waals surface area contributed by atoms with Crippen LogP contribution in [0.2, 0.25) is 0 Å². The predicted molar refractivity (Wildman–Crippen MR) is 65.1 cm³/mol. The minimum absolute atomic E-state index is 0.289. The molecule has 0 radical (unpaired) electrons. The molecular formula is C11H11N2O3P. The number of rotatable bonds is 4. The maximum Gasteiger partial charge on any atom is 0.248 e. The van der Waals surface area contributed by atoms with Crippen molar-refractivity contribution in [3.63, 3.8) is 0 Å². The van der Waals surface area contributed by atoms with E-state index in [4.69, 9.17) is 14.9 Å². The van der Waals surface area contributed by atoms with E-state index < -0.39 is 5.91 Å². The van der Waals surface area contributed by atoms with Crippen LogP contribution in [-0.2, 0) is 6.61 Å². The lowest BCUT2D eigenvalue weighted by Crippen LogP contribution is -2.10. The number of aromatic nitrogens is 1. The standard InChI is InChI=1S/C11H11N2O3P/c12-10(14)7-1-3-8(4-2-7)15-6-9-5-13-11(17)16-9/h1-5H,6,17H2,(H2,12,14). The average Bonchev–Trinajstić information content (AvgIpc) is 2.73. The lowest BCUT2D eigenvalue weighted by atomic mass is 10.2. The van der Waals surface area contributed by atoms with E-state index in [1.807, 2.05) is 0 Å². The van der Waals surface area contributed by atoms with Gasteiger partial charge in [-0.3, -0.25) is 4.79 Å². The minimum Gasteiger partial charge on any atom is -0.486 e. The summed E-state index contributed by atoms with van der Waals surface area (Å²) in [5.41, 5.74) is 6.10. The first kappa shape index (κ1) is 11.6. The van der Waals surface area contributed by atoms with Gasteiger partial charge in [0.15, 0.2) is 5.76 Å². The summed E-state index contributed by atoms with van der Waals surface area (Å²) in [7, 11) is 2.36. The van der Waals surface area contributed by atoms with Gasteiger partial charge in [-0.05, 0) is 33.5 Å². The second-order valence-electron chi connectivity index (χ2n) is 3.34. The molecule has 1 aromatic carbocycles. The van der Waals surface area contributed by atoms with Crippen LogP contribution in [0.3, 0.4) is 0 Å². The third kappa shape index (κ3) is 3.04. The van der Waals surface area contributed by atoms with Gasteiger partial charge in [-0.2, -0.15) is 0 Å². The zero-order valence-corrected chi connectivity index (χ0v) is 10.1. The van der Waals surface area contributed by atoms with Crippen molar-refractivity contribution in [1.82, 2.24) is 4.98 Å². The fraction of sp³-hybridized carbons (Fsp3) is 0.0909. The number of hydrogen-bond donors (Lipinski definition) is 1. The largest absolute Gasteiger partial charge is 0.486 e. The summed E-state index contributed by atoms with van der Waals surface area (Å²) in [5, 5.41) is 0. The summed E-state index contributed by atoms with van der Waals surface area (Å²) in [4.78, 5) is 14.8. The fourth-order valence-corrected chi connectivity index (χ4v) is 1.49. The Morgan fingerprint density at radius 1 is 1.41 bits per heavy atom. The highest BCUT2D eigenvalue weighted by atomic mass is 31.0. The van der Waals surface area contributed by atoms with Gasteiger partial charge in [-0.1, -0.05) is 0 Å². The molecule has 0 aliphatic rings. The topological polar surface area (TPSA) is 78.4 Å². The average molecular weight is 250 g/mol. The van der Waals surface area contributed by atoms with Gasteiger partial charge in [0.1, 0.15) is 12.4 Å². The molecule has 0 saturated heterocycles. The van der Waals surface area contributed by atoms with Crippen molar-refractivity contribution < 1.29 is 13.9 Å². The Labute approximate surface area is 100 Å². The number of nitrogens with two attached hydrogens (primary N) is 1. The third-order valence-electron chi connectivity index (χ3n) is 2.09. The Morgan fingerprint density at radius 2 is 2.12 bits per heavy atom. The van der Waals surface area contributed by atoms with E-state index in [0.717, 1.165) is 0 Å². The van der Waals surface area contributed by atoms with E-state index in [0.29, 0.717) is 22.7 Å². The summed E-state index contributed by atoms with van der Waals surface area (Å²) >= 11 is 0. The van der Waals surface area contributed by atoms with E-state index in [9.17, 15) is 4.79 Å². The number of primary amides is 1. The molecule has 0 spiro atoms. The summed E-state index contributed by atoms with van der Waals surface area (Å²) in [6.07, 6.45) is 1.60. The second kappa shape index (κ2) is 4.97. The first-order valence-corrected chi connectivity index (χ1v) is 5.46. The number of nitrogens with zero attached hydrogens (tertiary/aromatic N) is 1. The van der Waals surface area contributed by atoms with E-state index >= 15 is 0 Å². The third-order valence-corrected chi connectivity index (χ3v) is 2.36. The number of benzene rings is 1. The van der Waals surface area contributed by atoms with E-state index in [1.54, 1.807) is 30.5 Å². The normalized spacial score (nSPS) is 10.2. The molecule has 17 heavy (non-hydrogen) atoms. The van der Waals surface area contributed by atoms with Crippen LogP contribution in [0.1, 0.15) is 16.1 Å². The zero-order chi connectivity index (χ0) is 12.3. The van der Waals surface area contributed by atoms with Gasteiger partial charge in [0, 0.05) is 5.56 Å². The molecule has 2 rings (SSSR count). The Hall–Kier alpha value is -1.87. The van der Waals surface area contributed by atoms with Gasteiger partial charge in [0.05, 0.1) is 6.20 Å². The summed E-state index contributed by atoms with van der Waals surface area (Å²) in [6, 6.07) is 6.58. The Kier molecular flexibility index (Phi) is 3.40. The van der Waals surface area contributed by atoms with Gasteiger partial charge in [0.2, 0.25) is 11.5 Å². The molecule has 0 saturated carbocycles. The number of carbonyl (C=O) groups is 1. The first-order valence-electron chi connectivity index (χ1n) is 4.88. The van der Waals surface area contributed by atoms with Crippen LogP contribution in [0.25, 0.3) is 0 Å². The second-order valence-corrected chi connectivity index (χ2v) is 3.84. The quantitative estimate of drug-likeness (QED) is 0.816. The maximum absolute atomic E-state index is 10.9. The molecule has 0 fully saturated rings. The van der Waals surface area contributed by atoms with Crippen molar-refractivity contribution in [3.05, 3.63) is 41.8 Å². The van der Waals surface area contributed by atoms with Crippen LogP contribution in [0.5, 0.6) is 5.75 Å². The predicted octanol–water partition coefficient (Wildman–Crippen LogP) is 0.853. The maximum atomic E-state index is 10.9. The van der Waals surface area contributed by atoms with E-state index in [2.05, 4.69) is 14.2 Å². The Morgan fingerprint density at radius 3 is 2.65 bits per heavy atom. The summed E-state index contributed by atoms with van der Waals surface area (Å²) in [6.45, 7) is 0.289. The van der Waals surface area contributed by atoms with Gasteiger partial charge < -0.3 is 14.9 Å². The molecule has 0 aliphatic heterocycles. The molecule has 0 bridgehead atoms. The molecule has 6 heteroatoms. The van der Waals surface area contributed by atoms with E-state index in [1.165, 1.54) is 0 Å². The highest BCUT2D eigenvalue weighted by molar-refractivity contribution is 7.26. The molecular weight excluding hydrogens is 239 g/mol. The molecule has 1 heterocycles. The smallest absolute Gasteiger partial charge is 0.248 e. The van der Waals surface area contributed by atoms with Gasteiger partial charge in [-0.25, -0.2) is 4.98 Å². The van der Waals surface area contributed by atoms with Gasteiger partial charge in [-0.15, -0.1) is 0 Å². The number of ether oxygens (including phenoxy) is 1. The molecule has 1 unspecified atom stereocenters. The van der Waals surface area contributed by atoms with Crippen LogP contribution in [0.4, 0.5) is 0 Å². The molecule has 88 valence electrons. The highest BCUT2D eigenvalue weighted by Crippen LogP contribution is 2.13. The number of carbonyl (C=O) groups excluding carboxylic acids is 1. The van der Waals surface area contributed by atoms with Gasteiger partial charge in [0.25, 0.3) is 0 Å². The van der Waals surface area contributed by atoms with Crippen LogP contribution in [-0.4, -0.2) is 10.9 Å². The van der Waals surface area contributed by atoms with Crippen molar-refractivity contribution in [2.45, 2.75) is 6.61 Å². The van der Waals surface area contributed by atoms with Crippen molar-refractivity contribution >= 4 is 20.8 Å². The number of amides is 1. The molecule has 1 atom stereocenters. The van der Waals surface area contributed by atoms with Crippen molar-refractivity contribution in [2.75, 3.05) is 0 Å². The molecule has 5 nitrogen and oxygen atoms in total. The monoisotopic (exact) mass is 250 g/mol. The van der Waals surface area contributed by atoms with Crippen LogP contribution in [0.15, 0.2) is 34.9 Å². The highest BCUT2D eigenvalue weighted by Gasteiger charge is 2.03. The zero-order valence-electron chi connectivity index (χ0n) is 8.92. The summed E-state index contributed by atoms with van der Waals surface area (Å²) < 4.78 is 10.7. The van der Waals surface area contributed by atoms with Crippen molar-refractivity contribution in [2.24, 2.45) is 5.73 Å². The van der Waals surface area contributed by atoms with Crippen LogP contribution in [0, 0.1) is 0 Å². The van der Waals surface area contributed by atoms with Gasteiger partial charge >= 0.3 is 0 Å². The molecule has 2 aromatic rings. The first-order chi connectivity index (χ1) is 8.15. The Balaban J connectivity index is 1.97.